The molecule has 0 bridgehead atoms. The fraction of sp³-hybridized carbons (Fsp3) is 0.667. The summed E-state index contributed by atoms with van der Waals surface area (Å²) in [5.41, 5.74) is 0.529. The number of carbonyl (C=O) groups is 1. The molecule has 0 N–H and O–H groups in total. The predicted molar refractivity (Wildman–Crippen MR) is 78.3 cm³/mol. The fourth-order valence-electron chi connectivity index (χ4n) is 3.21. The molecular formula is C15H22N4O2. The number of hydrogen-bond donors (Lipinski definition) is 0. The number of hydrogen-bond acceptors (Lipinski definition) is 5. The van der Waals surface area contributed by atoms with Crippen LogP contribution in [-0.2, 0) is 0 Å². The number of aromatic nitrogens is 2. The number of methoxy groups -OCH3 is 1. The monoisotopic (exact) mass is 290 g/mol. The van der Waals surface area contributed by atoms with Gasteiger partial charge in [-0.2, -0.15) is 0 Å². The molecule has 0 saturated carbocycles. The molecule has 0 radical (unpaired) electrons. The average Bonchev–Trinajstić information content (AvgIpc) is 2.47. The van der Waals surface area contributed by atoms with Crippen LogP contribution in [0.15, 0.2) is 12.4 Å². The molecule has 3 rings (SSSR count). The molecule has 1 atom stereocenters. The topological polar surface area (TPSA) is 58.6 Å². The van der Waals surface area contributed by atoms with E-state index in [0.29, 0.717) is 17.6 Å². The molecule has 0 unspecified atom stereocenters. The van der Waals surface area contributed by atoms with Crippen LogP contribution in [0.2, 0.25) is 0 Å². The first kappa shape index (κ1) is 14.3. The van der Waals surface area contributed by atoms with Crippen molar-refractivity contribution < 1.29 is 9.53 Å². The summed E-state index contributed by atoms with van der Waals surface area (Å²) < 4.78 is 4.90. The fourth-order valence-corrected chi connectivity index (χ4v) is 3.21. The van der Waals surface area contributed by atoms with Crippen molar-refractivity contribution in [1.82, 2.24) is 19.8 Å². The minimum absolute atomic E-state index is 0.0126. The van der Waals surface area contributed by atoms with Crippen molar-refractivity contribution in [3.63, 3.8) is 0 Å². The standard InChI is InChI=1S/C15H22N4O2/c1-11-5-3-4-6-19(11)13-9-18(10-13)14(20)12-7-16-15(21-2)17-8-12/h7-8,11,13H,3-6,9-10H2,1-2H3/t11-/m0/s1. The van der Waals surface area contributed by atoms with Gasteiger partial charge in [-0.3, -0.25) is 9.69 Å². The van der Waals surface area contributed by atoms with E-state index in [1.807, 2.05) is 4.90 Å². The highest BCUT2D eigenvalue weighted by atomic mass is 16.5. The SMILES string of the molecule is COc1ncc(C(=O)N2CC(N3CCCC[C@@H]3C)C2)cn1. The molecule has 0 aliphatic carbocycles. The van der Waals surface area contributed by atoms with Crippen LogP contribution in [0.4, 0.5) is 0 Å². The van der Waals surface area contributed by atoms with E-state index >= 15 is 0 Å². The molecule has 1 aromatic rings. The van der Waals surface area contributed by atoms with Crippen molar-refractivity contribution in [3.8, 4) is 6.01 Å². The summed E-state index contributed by atoms with van der Waals surface area (Å²) in [5, 5.41) is 0. The zero-order valence-corrected chi connectivity index (χ0v) is 12.7. The van der Waals surface area contributed by atoms with Gasteiger partial charge in [-0.25, -0.2) is 9.97 Å². The number of piperidine rings is 1. The molecule has 1 aromatic heterocycles. The van der Waals surface area contributed by atoms with E-state index < -0.39 is 0 Å². The number of rotatable bonds is 3. The number of amides is 1. The zero-order valence-electron chi connectivity index (χ0n) is 12.7. The van der Waals surface area contributed by atoms with Gasteiger partial charge in [-0.05, 0) is 26.3 Å². The lowest BCUT2D eigenvalue weighted by molar-refractivity contribution is 0.00207. The number of ether oxygens (including phenoxy) is 1. The van der Waals surface area contributed by atoms with Gasteiger partial charge in [-0.15, -0.1) is 0 Å². The maximum atomic E-state index is 12.3. The van der Waals surface area contributed by atoms with Gasteiger partial charge in [-0.1, -0.05) is 6.42 Å². The van der Waals surface area contributed by atoms with Crippen molar-refractivity contribution in [3.05, 3.63) is 18.0 Å². The maximum Gasteiger partial charge on any atom is 0.316 e. The lowest BCUT2D eigenvalue weighted by atomic mass is 9.97. The summed E-state index contributed by atoms with van der Waals surface area (Å²) in [7, 11) is 1.51. The van der Waals surface area contributed by atoms with Crippen LogP contribution >= 0.6 is 0 Å². The Balaban J connectivity index is 1.56. The summed E-state index contributed by atoms with van der Waals surface area (Å²) in [6.45, 7) is 5.09. The Morgan fingerprint density at radius 2 is 2.00 bits per heavy atom. The van der Waals surface area contributed by atoms with E-state index in [-0.39, 0.29) is 11.9 Å². The van der Waals surface area contributed by atoms with Crippen molar-refractivity contribution in [2.45, 2.75) is 38.3 Å². The molecular weight excluding hydrogens is 268 g/mol. The van der Waals surface area contributed by atoms with Crippen molar-refractivity contribution >= 4 is 5.91 Å². The second kappa shape index (κ2) is 5.97. The second-order valence-corrected chi connectivity index (χ2v) is 5.91. The lowest BCUT2D eigenvalue weighted by Crippen LogP contribution is -2.63. The molecule has 21 heavy (non-hydrogen) atoms. The third-order valence-corrected chi connectivity index (χ3v) is 4.53. The summed E-state index contributed by atoms with van der Waals surface area (Å²) in [6.07, 6.45) is 6.95. The van der Waals surface area contributed by atoms with Gasteiger partial charge >= 0.3 is 6.01 Å². The van der Waals surface area contributed by atoms with Crippen LogP contribution in [0, 0.1) is 0 Å². The Morgan fingerprint density at radius 1 is 1.29 bits per heavy atom. The third kappa shape index (κ3) is 2.85. The molecule has 2 fully saturated rings. The summed E-state index contributed by atoms with van der Waals surface area (Å²) in [5.74, 6) is 0.0126. The Labute approximate surface area is 125 Å². The lowest BCUT2D eigenvalue weighted by Gasteiger charge is -2.49. The molecule has 2 saturated heterocycles. The summed E-state index contributed by atoms with van der Waals surface area (Å²) >= 11 is 0. The van der Waals surface area contributed by atoms with Crippen molar-refractivity contribution in [2.75, 3.05) is 26.7 Å². The first-order chi connectivity index (χ1) is 10.2. The van der Waals surface area contributed by atoms with E-state index in [0.717, 1.165) is 13.1 Å². The Hall–Kier alpha value is -1.69. The van der Waals surface area contributed by atoms with Gasteiger partial charge in [0, 0.05) is 37.6 Å². The van der Waals surface area contributed by atoms with E-state index in [9.17, 15) is 4.79 Å². The van der Waals surface area contributed by atoms with E-state index in [2.05, 4.69) is 21.8 Å². The molecule has 114 valence electrons. The van der Waals surface area contributed by atoms with Crippen LogP contribution in [0.3, 0.4) is 0 Å². The van der Waals surface area contributed by atoms with Gasteiger partial charge < -0.3 is 9.64 Å². The predicted octanol–water partition coefficient (Wildman–Crippen LogP) is 1.18. The molecule has 0 aromatic carbocycles. The van der Waals surface area contributed by atoms with Crippen LogP contribution < -0.4 is 4.74 Å². The van der Waals surface area contributed by atoms with Gasteiger partial charge in [0.25, 0.3) is 5.91 Å². The van der Waals surface area contributed by atoms with Gasteiger partial charge in [0.05, 0.1) is 12.7 Å². The highest BCUT2D eigenvalue weighted by Crippen LogP contribution is 2.25. The van der Waals surface area contributed by atoms with Crippen LogP contribution in [0.25, 0.3) is 0 Å². The van der Waals surface area contributed by atoms with Crippen molar-refractivity contribution in [1.29, 1.82) is 0 Å². The smallest absolute Gasteiger partial charge is 0.316 e. The molecule has 2 aliphatic heterocycles. The Kier molecular flexibility index (Phi) is 4.05. The Bertz CT molecular complexity index is 499. The van der Waals surface area contributed by atoms with Crippen LogP contribution in [-0.4, -0.2) is 64.5 Å². The molecule has 6 nitrogen and oxygen atoms in total. The largest absolute Gasteiger partial charge is 0.467 e. The quantitative estimate of drug-likeness (QED) is 0.837. The van der Waals surface area contributed by atoms with Gasteiger partial charge in [0.15, 0.2) is 0 Å². The Morgan fingerprint density at radius 3 is 2.62 bits per heavy atom. The van der Waals surface area contributed by atoms with E-state index in [4.69, 9.17) is 4.74 Å². The highest BCUT2D eigenvalue weighted by Gasteiger charge is 2.37. The molecule has 1 amide bonds. The van der Waals surface area contributed by atoms with Crippen molar-refractivity contribution in [2.24, 2.45) is 0 Å². The molecule has 0 spiro atoms. The first-order valence-corrected chi connectivity index (χ1v) is 7.60. The number of carbonyl (C=O) groups excluding carboxylic acids is 1. The molecule has 3 heterocycles. The van der Waals surface area contributed by atoms with E-state index in [1.165, 1.54) is 45.3 Å². The first-order valence-electron chi connectivity index (χ1n) is 7.60. The summed E-state index contributed by atoms with van der Waals surface area (Å²) in [4.78, 5) is 24.7. The minimum atomic E-state index is 0.0126. The number of likely N-dealkylation sites (tertiary alicyclic amines) is 2. The molecule has 2 aliphatic rings. The van der Waals surface area contributed by atoms with E-state index in [1.54, 1.807) is 0 Å². The van der Waals surface area contributed by atoms with Crippen LogP contribution in [0.5, 0.6) is 6.01 Å². The normalized spacial score (nSPS) is 23.7. The molecule has 6 heteroatoms. The van der Waals surface area contributed by atoms with Crippen LogP contribution in [0.1, 0.15) is 36.5 Å². The second-order valence-electron chi connectivity index (χ2n) is 5.91. The highest BCUT2D eigenvalue weighted by molar-refractivity contribution is 5.94. The third-order valence-electron chi connectivity index (χ3n) is 4.53. The zero-order chi connectivity index (χ0) is 14.8. The maximum absolute atomic E-state index is 12.3. The van der Waals surface area contributed by atoms with Gasteiger partial charge in [0.2, 0.25) is 0 Å². The average molecular weight is 290 g/mol. The summed E-state index contributed by atoms with van der Waals surface area (Å²) in [6, 6.07) is 1.45. The minimum Gasteiger partial charge on any atom is -0.467 e. The number of nitrogens with zero attached hydrogens (tertiary/aromatic N) is 4. The van der Waals surface area contributed by atoms with Gasteiger partial charge in [0.1, 0.15) is 0 Å².